The van der Waals surface area contributed by atoms with Crippen LogP contribution in [0.15, 0.2) is 0 Å². The van der Waals surface area contributed by atoms with Crippen molar-refractivity contribution in [2.24, 2.45) is 5.73 Å². The second-order valence-electron chi connectivity index (χ2n) is 4.27. The first-order valence-corrected chi connectivity index (χ1v) is 7.65. The minimum Gasteiger partial charge on any atom is -0.324 e. The van der Waals surface area contributed by atoms with Crippen LogP contribution in [0.2, 0.25) is 0 Å². The quantitative estimate of drug-likeness (QED) is 0.847. The molecular formula is C10H18N4O2S. The van der Waals surface area contributed by atoms with E-state index in [-0.39, 0.29) is 12.3 Å². The van der Waals surface area contributed by atoms with Gasteiger partial charge in [0.15, 0.2) is 15.7 Å². The van der Waals surface area contributed by atoms with Gasteiger partial charge in [-0.25, -0.2) is 8.42 Å². The molecular weight excluding hydrogens is 240 g/mol. The van der Waals surface area contributed by atoms with Crippen molar-refractivity contribution < 1.29 is 8.42 Å². The van der Waals surface area contributed by atoms with Gasteiger partial charge in [-0.05, 0) is 19.8 Å². The first-order chi connectivity index (χ1) is 8.10. The van der Waals surface area contributed by atoms with Gasteiger partial charge >= 0.3 is 0 Å². The third kappa shape index (κ3) is 2.21. The molecule has 1 aromatic heterocycles. The summed E-state index contributed by atoms with van der Waals surface area (Å²) in [6, 6.07) is 0. The van der Waals surface area contributed by atoms with Crippen LogP contribution in [-0.2, 0) is 22.9 Å². The topological polar surface area (TPSA) is 90.9 Å². The summed E-state index contributed by atoms with van der Waals surface area (Å²) in [5.74, 6) is 1.47. The van der Waals surface area contributed by atoms with Crippen molar-refractivity contribution in [2.45, 2.75) is 44.5 Å². The van der Waals surface area contributed by atoms with Gasteiger partial charge < -0.3 is 10.3 Å². The monoisotopic (exact) mass is 258 g/mol. The van der Waals surface area contributed by atoms with Crippen molar-refractivity contribution in [3.8, 4) is 0 Å². The van der Waals surface area contributed by atoms with Crippen LogP contribution in [-0.4, -0.2) is 28.9 Å². The van der Waals surface area contributed by atoms with Crippen LogP contribution < -0.4 is 5.73 Å². The molecule has 0 bridgehead atoms. The zero-order chi connectivity index (χ0) is 12.5. The lowest BCUT2D eigenvalue weighted by atomic mass is 10.2. The third-order valence-electron chi connectivity index (χ3n) is 3.22. The zero-order valence-electron chi connectivity index (χ0n) is 9.96. The molecule has 6 nitrogen and oxygen atoms in total. The molecule has 96 valence electrons. The minimum atomic E-state index is -3.07. The molecule has 1 saturated heterocycles. The number of hydrogen-bond donors (Lipinski definition) is 1. The molecule has 0 amide bonds. The van der Waals surface area contributed by atoms with Gasteiger partial charge in [0.25, 0.3) is 0 Å². The van der Waals surface area contributed by atoms with E-state index in [9.17, 15) is 8.42 Å². The molecule has 1 atom stereocenters. The van der Waals surface area contributed by atoms with Crippen molar-refractivity contribution in [2.75, 3.05) is 5.75 Å². The summed E-state index contributed by atoms with van der Waals surface area (Å²) in [6.45, 7) is 2.88. The van der Waals surface area contributed by atoms with Gasteiger partial charge in [-0.3, -0.25) is 0 Å². The first-order valence-electron chi connectivity index (χ1n) is 5.93. The molecule has 2 N–H and O–H groups in total. The van der Waals surface area contributed by atoms with Gasteiger partial charge in [-0.15, -0.1) is 10.2 Å². The molecule has 0 saturated carbocycles. The summed E-state index contributed by atoms with van der Waals surface area (Å²) in [5, 5.41) is 7.50. The molecule has 1 unspecified atom stereocenters. The van der Waals surface area contributed by atoms with Crippen molar-refractivity contribution in [1.82, 2.24) is 14.8 Å². The highest BCUT2D eigenvalue weighted by Crippen LogP contribution is 2.32. The van der Waals surface area contributed by atoms with Crippen molar-refractivity contribution in [3.05, 3.63) is 11.6 Å². The third-order valence-corrected chi connectivity index (χ3v) is 5.39. The van der Waals surface area contributed by atoms with E-state index in [0.717, 1.165) is 12.8 Å². The Balaban J connectivity index is 2.42. The SMILES string of the molecule is CCn1c(CN)nnc1C1CCCCS1(=O)=O. The van der Waals surface area contributed by atoms with Gasteiger partial charge in [-0.2, -0.15) is 0 Å². The Morgan fingerprint density at radius 1 is 1.41 bits per heavy atom. The number of aromatic nitrogens is 3. The second kappa shape index (κ2) is 4.73. The zero-order valence-corrected chi connectivity index (χ0v) is 10.8. The Kier molecular flexibility index (Phi) is 3.48. The van der Waals surface area contributed by atoms with Crippen LogP contribution in [0.4, 0.5) is 0 Å². The highest BCUT2D eigenvalue weighted by molar-refractivity contribution is 7.91. The van der Waals surface area contributed by atoms with E-state index in [1.54, 1.807) is 0 Å². The normalized spacial score (nSPS) is 23.8. The number of hydrogen-bond acceptors (Lipinski definition) is 5. The van der Waals surface area contributed by atoms with Crippen LogP contribution in [0, 0.1) is 0 Å². The molecule has 1 aromatic rings. The lowest BCUT2D eigenvalue weighted by molar-refractivity contribution is 0.525. The average molecular weight is 258 g/mol. The maximum absolute atomic E-state index is 12.0. The lowest BCUT2D eigenvalue weighted by Gasteiger charge is -2.22. The van der Waals surface area contributed by atoms with E-state index >= 15 is 0 Å². The second-order valence-corrected chi connectivity index (χ2v) is 6.58. The largest absolute Gasteiger partial charge is 0.324 e. The molecule has 2 heterocycles. The Morgan fingerprint density at radius 2 is 2.18 bits per heavy atom. The van der Waals surface area contributed by atoms with Crippen LogP contribution in [0.5, 0.6) is 0 Å². The van der Waals surface area contributed by atoms with Crippen molar-refractivity contribution in [3.63, 3.8) is 0 Å². The molecule has 1 fully saturated rings. The van der Waals surface area contributed by atoms with Gasteiger partial charge in [0.1, 0.15) is 11.1 Å². The number of nitrogens with two attached hydrogens (primary N) is 1. The van der Waals surface area contributed by atoms with Gasteiger partial charge in [0, 0.05) is 6.54 Å². The molecule has 0 aromatic carbocycles. The van der Waals surface area contributed by atoms with Crippen molar-refractivity contribution >= 4 is 9.84 Å². The van der Waals surface area contributed by atoms with Gasteiger partial charge in [-0.1, -0.05) is 6.42 Å². The van der Waals surface area contributed by atoms with E-state index in [1.807, 2.05) is 11.5 Å². The summed E-state index contributed by atoms with van der Waals surface area (Å²) in [5.41, 5.74) is 5.56. The molecule has 0 aliphatic carbocycles. The molecule has 17 heavy (non-hydrogen) atoms. The number of sulfone groups is 1. The van der Waals surface area contributed by atoms with Crippen LogP contribution in [0.1, 0.15) is 43.1 Å². The molecule has 2 rings (SSSR count). The lowest BCUT2D eigenvalue weighted by Crippen LogP contribution is -2.25. The van der Waals surface area contributed by atoms with Crippen LogP contribution in [0.3, 0.4) is 0 Å². The number of rotatable bonds is 3. The Bertz CT molecular complexity index is 494. The first kappa shape index (κ1) is 12.5. The maximum atomic E-state index is 12.0. The average Bonchev–Trinajstić information content (AvgIpc) is 2.70. The molecule has 1 aliphatic rings. The predicted molar refractivity (Wildman–Crippen MR) is 64.0 cm³/mol. The highest BCUT2D eigenvalue weighted by Gasteiger charge is 2.34. The fourth-order valence-electron chi connectivity index (χ4n) is 2.33. The van der Waals surface area contributed by atoms with E-state index in [4.69, 9.17) is 5.73 Å². The smallest absolute Gasteiger partial charge is 0.160 e. The van der Waals surface area contributed by atoms with Gasteiger partial charge in [0.2, 0.25) is 0 Å². The Hall–Kier alpha value is -0.950. The Morgan fingerprint density at radius 3 is 2.76 bits per heavy atom. The van der Waals surface area contributed by atoms with E-state index in [2.05, 4.69) is 10.2 Å². The summed E-state index contributed by atoms with van der Waals surface area (Å²) in [4.78, 5) is 0. The van der Waals surface area contributed by atoms with Gasteiger partial charge in [0.05, 0.1) is 12.3 Å². The fraction of sp³-hybridized carbons (Fsp3) is 0.800. The molecule has 0 radical (unpaired) electrons. The highest BCUT2D eigenvalue weighted by atomic mass is 32.2. The summed E-state index contributed by atoms with van der Waals surface area (Å²) >= 11 is 0. The van der Waals surface area contributed by atoms with E-state index in [0.29, 0.717) is 24.6 Å². The Labute approximate surface area is 101 Å². The number of nitrogens with zero attached hydrogens (tertiary/aromatic N) is 3. The fourth-order valence-corrected chi connectivity index (χ4v) is 4.24. The molecule has 0 spiro atoms. The minimum absolute atomic E-state index is 0.256. The van der Waals surface area contributed by atoms with Crippen LogP contribution >= 0.6 is 0 Å². The van der Waals surface area contributed by atoms with Crippen LogP contribution in [0.25, 0.3) is 0 Å². The summed E-state index contributed by atoms with van der Waals surface area (Å²) in [6.07, 6.45) is 2.33. The van der Waals surface area contributed by atoms with E-state index in [1.165, 1.54) is 0 Å². The maximum Gasteiger partial charge on any atom is 0.160 e. The van der Waals surface area contributed by atoms with Crippen molar-refractivity contribution in [1.29, 1.82) is 0 Å². The summed E-state index contributed by atoms with van der Waals surface area (Å²) < 4.78 is 25.9. The summed E-state index contributed by atoms with van der Waals surface area (Å²) in [7, 11) is -3.07. The molecule has 1 aliphatic heterocycles. The standard InChI is InChI=1S/C10H18N4O2S/c1-2-14-9(7-11)12-13-10(14)8-5-3-4-6-17(8,15)16/h8H,2-7,11H2,1H3. The predicted octanol–water partition coefficient (Wildman–Crippen LogP) is 0.396. The van der Waals surface area contributed by atoms with E-state index < -0.39 is 15.1 Å². The molecule has 7 heteroatoms.